The maximum absolute atomic E-state index is 14.5. The van der Waals surface area contributed by atoms with E-state index in [0.717, 1.165) is 5.56 Å². The molecule has 1 fully saturated rings. The van der Waals surface area contributed by atoms with Crippen LogP contribution in [0.15, 0.2) is 53.0 Å². The van der Waals surface area contributed by atoms with Gasteiger partial charge < -0.3 is 4.90 Å². The smallest absolute Gasteiger partial charge is 0.291 e. The fraction of sp³-hybridized carbons (Fsp3) is 0.250. The summed E-state index contributed by atoms with van der Waals surface area (Å²) in [5.74, 6) is -3.65. The van der Waals surface area contributed by atoms with Crippen LogP contribution in [-0.4, -0.2) is 28.9 Å². The van der Waals surface area contributed by atoms with Crippen molar-refractivity contribution in [3.05, 3.63) is 69.9 Å². The molecule has 6 heteroatoms. The number of likely N-dealkylation sites (tertiary alicyclic amines) is 1. The van der Waals surface area contributed by atoms with E-state index in [1.165, 1.54) is 24.0 Å². The summed E-state index contributed by atoms with van der Waals surface area (Å²) in [5, 5.41) is 0. The summed E-state index contributed by atoms with van der Waals surface area (Å²) in [6, 6.07) is 13.0. The lowest BCUT2D eigenvalue weighted by atomic mass is 9.89. The van der Waals surface area contributed by atoms with Crippen LogP contribution in [0, 0.1) is 11.7 Å². The van der Waals surface area contributed by atoms with Crippen LogP contribution in [0.5, 0.6) is 0 Å². The third kappa shape index (κ3) is 3.46. The quantitative estimate of drug-likeness (QED) is 0.552. The first kappa shape index (κ1) is 18.5. The van der Waals surface area contributed by atoms with Gasteiger partial charge in [0, 0.05) is 16.6 Å². The highest BCUT2D eigenvalue weighted by Gasteiger charge is 2.50. The molecule has 0 aromatic heterocycles. The van der Waals surface area contributed by atoms with Gasteiger partial charge in [0.05, 0.1) is 6.04 Å². The lowest BCUT2D eigenvalue weighted by Gasteiger charge is -2.27. The Morgan fingerprint density at radius 1 is 1.15 bits per heavy atom. The number of carbonyl (C=O) groups excluding carboxylic acids is 3. The number of amides is 1. The SMILES string of the molecule is CC(=O)C1C(=O)C(=O)N(CCc2ccccc2)C1c1ccc(Br)cc1F. The van der Waals surface area contributed by atoms with Crippen molar-refractivity contribution in [1.82, 2.24) is 4.90 Å². The summed E-state index contributed by atoms with van der Waals surface area (Å²) in [5.41, 5.74) is 1.18. The van der Waals surface area contributed by atoms with Crippen LogP contribution < -0.4 is 0 Å². The molecular formula is C20H17BrFNO3. The second-order valence-corrected chi connectivity index (χ2v) is 7.21. The van der Waals surface area contributed by atoms with Gasteiger partial charge in [-0.25, -0.2) is 4.39 Å². The van der Waals surface area contributed by atoms with E-state index in [1.54, 1.807) is 6.07 Å². The molecule has 2 aromatic carbocycles. The molecule has 3 rings (SSSR count). The minimum Gasteiger partial charge on any atom is -0.327 e. The van der Waals surface area contributed by atoms with Crippen LogP contribution in [0.4, 0.5) is 4.39 Å². The predicted octanol–water partition coefficient (Wildman–Crippen LogP) is 3.49. The van der Waals surface area contributed by atoms with Gasteiger partial charge in [-0.05, 0) is 31.0 Å². The van der Waals surface area contributed by atoms with Gasteiger partial charge in [-0.3, -0.25) is 14.4 Å². The van der Waals surface area contributed by atoms with E-state index in [1.807, 2.05) is 30.3 Å². The van der Waals surface area contributed by atoms with Gasteiger partial charge in [0.1, 0.15) is 17.5 Å². The van der Waals surface area contributed by atoms with Gasteiger partial charge in [-0.15, -0.1) is 0 Å². The zero-order chi connectivity index (χ0) is 18.8. The first-order valence-corrected chi connectivity index (χ1v) is 9.03. The molecule has 0 aliphatic carbocycles. The molecule has 4 nitrogen and oxygen atoms in total. The molecule has 0 spiro atoms. The van der Waals surface area contributed by atoms with Gasteiger partial charge in [0.2, 0.25) is 5.78 Å². The van der Waals surface area contributed by atoms with Crippen molar-refractivity contribution in [2.45, 2.75) is 19.4 Å². The largest absolute Gasteiger partial charge is 0.327 e. The Bertz CT molecular complexity index is 869. The number of carbonyl (C=O) groups is 3. The van der Waals surface area contributed by atoms with Crippen molar-refractivity contribution >= 4 is 33.4 Å². The molecule has 2 unspecified atom stereocenters. The third-order valence-corrected chi connectivity index (χ3v) is 5.10. The molecule has 0 bridgehead atoms. The lowest BCUT2D eigenvalue weighted by molar-refractivity contribution is -0.142. The third-order valence-electron chi connectivity index (χ3n) is 4.61. The summed E-state index contributed by atoms with van der Waals surface area (Å²) in [6.07, 6.45) is 0.513. The van der Waals surface area contributed by atoms with Crippen LogP contribution in [0.25, 0.3) is 0 Å². The van der Waals surface area contributed by atoms with Gasteiger partial charge in [0.15, 0.2) is 0 Å². The molecule has 1 aliphatic rings. The first-order valence-electron chi connectivity index (χ1n) is 8.24. The normalized spacial score (nSPS) is 19.9. The summed E-state index contributed by atoms with van der Waals surface area (Å²) >= 11 is 3.19. The molecule has 26 heavy (non-hydrogen) atoms. The van der Waals surface area contributed by atoms with Crippen molar-refractivity contribution in [2.24, 2.45) is 5.92 Å². The van der Waals surface area contributed by atoms with Gasteiger partial charge >= 0.3 is 0 Å². The standard InChI is InChI=1S/C20H17BrFNO3/c1-12(24)17-18(15-8-7-14(21)11-16(15)22)23(20(26)19(17)25)10-9-13-5-3-2-4-6-13/h2-8,11,17-18H,9-10H2,1H3. The molecule has 1 amide bonds. The van der Waals surface area contributed by atoms with E-state index in [4.69, 9.17) is 0 Å². The Morgan fingerprint density at radius 2 is 1.85 bits per heavy atom. The van der Waals surface area contributed by atoms with E-state index in [0.29, 0.717) is 10.9 Å². The van der Waals surface area contributed by atoms with Crippen LogP contribution in [0.3, 0.4) is 0 Å². The number of nitrogens with zero attached hydrogens (tertiary/aromatic N) is 1. The number of hydrogen-bond acceptors (Lipinski definition) is 3. The maximum Gasteiger partial charge on any atom is 0.291 e. The summed E-state index contributed by atoms with van der Waals surface area (Å²) < 4.78 is 15.1. The van der Waals surface area contributed by atoms with Crippen molar-refractivity contribution in [2.75, 3.05) is 6.54 Å². The predicted molar refractivity (Wildman–Crippen MR) is 97.9 cm³/mol. The van der Waals surface area contributed by atoms with E-state index in [2.05, 4.69) is 15.9 Å². The highest BCUT2D eigenvalue weighted by molar-refractivity contribution is 9.10. The highest BCUT2D eigenvalue weighted by atomic mass is 79.9. The summed E-state index contributed by atoms with van der Waals surface area (Å²) in [6.45, 7) is 1.50. The number of halogens is 2. The fourth-order valence-corrected chi connectivity index (χ4v) is 3.69. The van der Waals surface area contributed by atoms with Gasteiger partial charge in [-0.1, -0.05) is 52.3 Å². The molecule has 1 heterocycles. The Kier molecular flexibility index (Phi) is 5.32. The summed E-state index contributed by atoms with van der Waals surface area (Å²) in [7, 11) is 0. The molecule has 134 valence electrons. The van der Waals surface area contributed by atoms with Crippen molar-refractivity contribution < 1.29 is 18.8 Å². The second kappa shape index (κ2) is 7.50. The van der Waals surface area contributed by atoms with E-state index in [9.17, 15) is 18.8 Å². The fourth-order valence-electron chi connectivity index (χ4n) is 3.35. The van der Waals surface area contributed by atoms with Crippen LogP contribution in [0.1, 0.15) is 24.1 Å². The topological polar surface area (TPSA) is 54.5 Å². The molecule has 1 saturated heterocycles. The lowest BCUT2D eigenvalue weighted by Crippen LogP contribution is -2.32. The average Bonchev–Trinajstić information content (AvgIpc) is 2.85. The monoisotopic (exact) mass is 417 g/mol. The number of benzene rings is 2. The Labute approximate surface area is 159 Å². The van der Waals surface area contributed by atoms with E-state index >= 15 is 0 Å². The van der Waals surface area contributed by atoms with Gasteiger partial charge in [0.25, 0.3) is 5.91 Å². The molecule has 1 aliphatic heterocycles. The molecule has 2 aromatic rings. The minimum absolute atomic E-state index is 0.181. The van der Waals surface area contributed by atoms with Crippen LogP contribution in [0.2, 0.25) is 0 Å². The Hall–Kier alpha value is -2.34. The van der Waals surface area contributed by atoms with Crippen molar-refractivity contribution in [1.29, 1.82) is 0 Å². The molecule has 0 radical (unpaired) electrons. The Morgan fingerprint density at radius 3 is 2.46 bits per heavy atom. The number of Topliss-reactive ketones (excluding diaryl/α,β-unsaturated/α-hetero) is 2. The van der Waals surface area contributed by atoms with Crippen LogP contribution >= 0.6 is 15.9 Å². The number of ketones is 2. The summed E-state index contributed by atoms with van der Waals surface area (Å²) in [4.78, 5) is 38.3. The highest BCUT2D eigenvalue weighted by Crippen LogP contribution is 2.38. The average molecular weight is 418 g/mol. The van der Waals surface area contributed by atoms with Gasteiger partial charge in [-0.2, -0.15) is 0 Å². The van der Waals surface area contributed by atoms with Crippen LogP contribution in [-0.2, 0) is 20.8 Å². The second-order valence-electron chi connectivity index (χ2n) is 6.30. The zero-order valence-corrected chi connectivity index (χ0v) is 15.7. The zero-order valence-electron chi connectivity index (χ0n) is 14.1. The van der Waals surface area contributed by atoms with Crippen molar-refractivity contribution in [3.8, 4) is 0 Å². The number of hydrogen-bond donors (Lipinski definition) is 0. The van der Waals surface area contributed by atoms with E-state index in [-0.39, 0.29) is 12.1 Å². The minimum atomic E-state index is -1.17. The Balaban J connectivity index is 1.97. The number of rotatable bonds is 5. The first-order chi connectivity index (χ1) is 12.4. The molecular weight excluding hydrogens is 401 g/mol. The van der Waals surface area contributed by atoms with Crippen molar-refractivity contribution in [3.63, 3.8) is 0 Å². The van der Waals surface area contributed by atoms with E-state index < -0.39 is 35.3 Å². The molecule has 0 N–H and O–H groups in total. The maximum atomic E-state index is 14.5. The molecule has 0 saturated carbocycles. The molecule has 2 atom stereocenters.